The average Bonchev–Trinajstić information content (AvgIpc) is 2.67. The third-order valence-corrected chi connectivity index (χ3v) is 5.66. The molecular weight excluding hydrogens is 342 g/mol. The summed E-state index contributed by atoms with van der Waals surface area (Å²) in [5.41, 5.74) is 2.63. The first kappa shape index (κ1) is 19.5. The number of carbonyl (C=O) groups excluding carboxylic acids is 2. The van der Waals surface area contributed by atoms with E-state index in [4.69, 9.17) is 4.74 Å². The molecule has 1 aliphatic carbocycles. The smallest absolute Gasteiger partial charge is 0.317 e. The summed E-state index contributed by atoms with van der Waals surface area (Å²) >= 11 is 0. The van der Waals surface area contributed by atoms with Gasteiger partial charge in [-0.25, -0.2) is 4.79 Å². The van der Waals surface area contributed by atoms with Crippen LogP contribution in [0.5, 0.6) is 5.75 Å². The number of amides is 3. The molecule has 3 amide bonds. The SMILES string of the molecule is COc1cc(C)cc(C)c1C(=O)N1CCN(C(=O)NC2CCCCC2)CC1. The van der Waals surface area contributed by atoms with Crippen molar-refractivity contribution in [3.8, 4) is 5.75 Å². The highest BCUT2D eigenvalue weighted by atomic mass is 16.5. The minimum Gasteiger partial charge on any atom is -0.496 e. The fourth-order valence-electron chi connectivity index (χ4n) is 4.15. The Bertz CT molecular complexity index is 690. The number of piperazine rings is 1. The molecule has 3 rings (SSSR count). The van der Waals surface area contributed by atoms with Gasteiger partial charge < -0.3 is 19.9 Å². The van der Waals surface area contributed by atoms with Crippen molar-refractivity contribution in [2.75, 3.05) is 33.3 Å². The molecule has 0 bridgehead atoms. The maximum atomic E-state index is 13.0. The summed E-state index contributed by atoms with van der Waals surface area (Å²) in [4.78, 5) is 29.2. The standard InChI is InChI=1S/C21H31N3O3/c1-15-13-16(2)19(18(14-15)27-3)20(25)23-9-11-24(12-10-23)21(26)22-17-7-5-4-6-8-17/h13-14,17H,4-12H2,1-3H3,(H,22,26). The Kier molecular flexibility index (Phi) is 6.24. The predicted molar refractivity (Wildman–Crippen MR) is 105 cm³/mol. The van der Waals surface area contributed by atoms with E-state index in [1.54, 1.807) is 7.11 Å². The number of rotatable bonds is 3. The van der Waals surface area contributed by atoms with E-state index < -0.39 is 0 Å². The maximum Gasteiger partial charge on any atom is 0.317 e. The van der Waals surface area contributed by atoms with Crippen molar-refractivity contribution in [2.24, 2.45) is 0 Å². The number of carbonyl (C=O) groups is 2. The lowest BCUT2D eigenvalue weighted by molar-refractivity contribution is 0.0658. The quantitative estimate of drug-likeness (QED) is 0.886. The Balaban J connectivity index is 1.59. The highest BCUT2D eigenvalue weighted by molar-refractivity contribution is 5.98. The molecule has 6 nitrogen and oxygen atoms in total. The van der Waals surface area contributed by atoms with E-state index in [0.29, 0.717) is 43.5 Å². The van der Waals surface area contributed by atoms with Gasteiger partial charge >= 0.3 is 6.03 Å². The Hall–Kier alpha value is -2.24. The van der Waals surface area contributed by atoms with E-state index in [1.165, 1.54) is 19.3 Å². The van der Waals surface area contributed by atoms with E-state index in [-0.39, 0.29) is 11.9 Å². The van der Waals surface area contributed by atoms with E-state index in [0.717, 1.165) is 24.0 Å². The van der Waals surface area contributed by atoms with Gasteiger partial charge in [0.05, 0.1) is 12.7 Å². The van der Waals surface area contributed by atoms with Crippen LogP contribution in [0, 0.1) is 13.8 Å². The molecule has 2 aliphatic rings. The van der Waals surface area contributed by atoms with Crippen molar-refractivity contribution in [1.29, 1.82) is 0 Å². The van der Waals surface area contributed by atoms with Crippen LogP contribution in [-0.4, -0.2) is 61.1 Å². The second-order valence-corrected chi connectivity index (χ2v) is 7.72. The van der Waals surface area contributed by atoms with Gasteiger partial charge in [-0.1, -0.05) is 25.3 Å². The molecule has 1 N–H and O–H groups in total. The minimum atomic E-state index is -0.0170. The number of urea groups is 1. The summed E-state index contributed by atoms with van der Waals surface area (Å²) in [6.45, 7) is 6.17. The number of nitrogens with one attached hydrogen (secondary N) is 1. The lowest BCUT2D eigenvalue weighted by atomic mass is 9.96. The summed E-state index contributed by atoms with van der Waals surface area (Å²) in [7, 11) is 1.60. The number of hydrogen-bond acceptors (Lipinski definition) is 3. The molecule has 0 spiro atoms. The largest absolute Gasteiger partial charge is 0.496 e. The van der Waals surface area contributed by atoms with Gasteiger partial charge in [-0.15, -0.1) is 0 Å². The molecule has 0 radical (unpaired) electrons. The molecule has 0 aromatic heterocycles. The van der Waals surface area contributed by atoms with Crippen LogP contribution < -0.4 is 10.1 Å². The minimum absolute atomic E-state index is 0.0121. The van der Waals surface area contributed by atoms with Crippen molar-refractivity contribution in [1.82, 2.24) is 15.1 Å². The van der Waals surface area contributed by atoms with Crippen LogP contribution in [0.15, 0.2) is 12.1 Å². The van der Waals surface area contributed by atoms with Crippen LogP contribution in [0.4, 0.5) is 4.79 Å². The average molecular weight is 373 g/mol. The highest BCUT2D eigenvalue weighted by Gasteiger charge is 2.28. The monoisotopic (exact) mass is 373 g/mol. The molecule has 27 heavy (non-hydrogen) atoms. The van der Waals surface area contributed by atoms with Crippen molar-refractivity contribution in [3.05, 3.63) is 28.8 Å². The van der Waals surface area contributed by atoms with Gasteiger partial charge in [-0.3, -0.25) is 4.79 Å². The molecule has 148 valence electrons. The van der Waals surface area contributed by atoms with Gasteiger partial charge in [-0.2, -0.15) is 0 Å². The van der Waals surface area contributed by atoms with Crippen molar-refractivity contribution >= 4 is 11.9 Å². The Morgan fingerprint density at radius 3 is 2.26 bits per heavy atom. The first-order chi connectivity index (χ1) is 13.0. The van der Waals surface area contributed by atoms with Crippen molar-refractivity contribution in [2.45, 2.75) is 52.0 Å². The van der Waals surface area contributed by atoms with E-state index in [1.807, 2.05) is 35.8 Å². The number of nitrogens with zero attached hydrogens (tertiary/aromatic N) is 2. The molecule has 1 aromatic carbocycles. The predicted octanol–water partition coefficient (Wildman–Crippen LogP) is 3.11. The van der Waals surface area contributed by atoms with Gasteiger partial charge in [0.2, 0.25) is 0 Å². The van der Waals surface area contributed by atoms with Gasteiger partial charge in [-0.05, 0) is 43.9 Å². The third-order valence-electron chi connectivity index (χ3n) is 5.66. The topological polar surface area (TPSA) is 61.9 Å². The summed E-state index contributed by atoms with van der Waals surface area (Å²) in [5.74, 6) is 0.603. The summed E-state index contributed by atoms with van der Waals surface area (Å²) in [6.07, 6.45) is 5.83. The summed E-state index contributed by atoms with van der Waals surface area (Å²) in [6, 6.07) is 4.22. The first-order valence-electron chi connectivity index (χ1n) is 9.99. The summed E-state index contributed by atoms with van der Waals surface area (Å²) in [5, 5.41) is 3.16. The number of hydrogen-bond donors (Lipinski definition) is 1. The van der Waals surface area contributed by atoms with Crippen LogP contribution in [-0.2, 0) is 0 Å². The Labute approximate surface area is 161 Å². The fraction of sp³-hybridized carbons (Fsp3) is 0.619. The van der Waals surface area contributed by atoms with Crippen LogP contribution in [0.3, 0.4) is 0 Å². The molecule has 2 fully saturated rings. The molecule has 1 heterocycles. The van der Waals surface area contributed by atoms with Crippen LogP contribution in [0.25, 0.3) is 0 Å². The van der Waals surface area contributed by atoms with E-state index in [9.17, 15) is 9.59 Å². The third kappa shape index (κ3) is 4.54. The highest BCUT2D eigenvalue weighted by Crippen LogP contribution is 2.26. The van der Waals surface area contributed by atoms with Crippen LogP contribution in [0.2, 0.25) is 0 Å². The lowest BCUT2D eigenvalue weighted by Gasteiger charge is -2.36. The van der Waals surface area contributed by atoms with Crippen LogP contribution >= 0.6 is 0 Å². The molecular formula is C21H31N3O3. The normalized spacial score (nSPS) is 18.3. The fourth-order valence-corrected chi connectivity index (χ4v) is 4.15. The molecule has 1 saturated carbocycles. The Morgan fingerprint density at radius 1 is 1.00 bits per heavy atom. The van der Waals surface area contributed by atoms with Gasteiger partial charge in [0.1, 0.15) is 5.75 Å². The zero-order chi connectivity index (χ0) is 19.4. The maximum absolute atomic E-state index is 13.0. The zero-order valence-electron chi connectivity index (χ0n) is 16.7. The second kappa shape index (κ2) is 8.63. The second-order valence-electron chi connectivity index (χ2n) is 7.72. The molecule has 0 atom stereocenters. The van der Waals surface area contributed by atoms with E-state index in [2.05, 4.69) is 5.32 Å². The molecule has 6 heteroatoms. The van der Waals surface area contributed by atoms with Crippen LogP contribution in [0.1, 0.15) is 53.6 Å². The number of ether oxygens (including phenoxy) is 1. The Morgan fingerprint density at radius 2 is 1.63 bits per heavy atom. The molecule has 1 aromatic rings. The van der Waals surface area contributed by atoms with Crippen molar-refractivity contribution < 1.29 is 14.3 Å². The molecule has 0 unspecified atom stereocenters. The van der Waals surface area contributed by atoms with E-state index >= 15 is 0 Å². The number of aryl methyl sites for hydroxylation is 2. The van der Waals surface area contributed by atoms with Crippen molar-refractivity contribution in [3.63, 3.8) is 0 Å². The first-order valence-corrected chi connectivity index (χ1v) is 9.99. The van der Waals surface area contributed by atoms with Gasteiger partial charge in [0.25, 0.3) is 5.91 Å². The number of benzene rings is 1. The lowest BCUT2D eigenvalue weighted by Crippen LogP contribution is -2.54. The molecule has 1 saturated heterocycles. The zero-order valence-corrected chi connectivity index (χ0v) is 16.7. The van der Waals surface area contributed by atoms with Gasteiger partial charge in [0.15, 0.2) is 0 Å². The number of methoxy groups -OCH3 is 1. The van der Waals surface area contributed by atoms with Gasteiger partial charge in [0, 0.05) is 32.2 Å². The molecule has 1 aliphatic heterocycles. The summed E-state index contributed by atoms with van der Waals surface area (Å²) < 4.78 is 5.44.